The molecule has 0 radical (unpaired) electrons. The normalized spacial score (nSPS) is 14.1. The second-order valence-corrected chi connectivity index (χ2v) is 5.32. The van der Waals surface area contributed by atoms with Gasteiger partial charge in [-0.25, -0.2) is 9.97 Å². The maximum atomic E-state index is 12.6. The summed E-state index contributed by atoms with van der Waals surface area (Å²) in [5, 5.41) is 8.70. The van der Waals surface area contributed by atoms with Crippen LogP contribution in [-0.2, 0) is 0 Å². The first-order valence-corrected chi connectivity index (χ1v) is 6.85. The summed E-state index contributed by atoms with van der Waals surface area (Å²) in [6, 6.07) is 2.30. The third-order valence-corrected chi connectivity index (χ3v) is 3.27. The van der Waals surface area contributed by atoms with Crippen LogP contribution in [0.4, 0.5) is 5.69 Å². The molecule has 20 heavy (non-hydrogen) atoms. The molecular formula is C14H19N5O. The summed E-state index contributed by atoms with van der Waals surface area (Å²) in [7, 11) is 0. The minimum Gasteiger partial charge on any atom is -0.396 e. The molecule has 1 saturated carbocycles. The van der Waals surface area contributed by atoms with Crippen molar-refractivity contribution in [3.63, 3.8) is 0 Å². The Bertz CT molecular complexity index is 545. The van der Waals surface area contributed by atoms with Gasteiger partial charge in [-0.15, -0.1) is 0 Å². The van der Waals surface area contributed by atoms with Gasteiger partial charge in [0, 0.05) is 18.5 Å². The number of nitrogen functional groups attached to an aromatic ring is 1. The molecule has 6 nitrogen and oxygen atoms in total. The number of nitrogens with two attached hydrogens (primary N) is 1. The van der Waals surface area contributed by atoms with Crippen LogP contribution in [0.5, 0.6) is 0 Å². The van der Waals surface area contributed by atoms with E-state index in [0.717, 1.165) is 12.8 Å². The van der Waals surface area contributed by atoms with Crippen molar-refractivity contribution < 1.29 is 4.79 Å². The highest BCUT2D eigenvalue weighted by Gasteiger charge is 2.34. The van der Waals surface area contributed by atoms with Gasteiger partial charge in [0.05, 0.1) is 24.4 Å². The van der Waals surface area contributed by atoms with Gasteiger partial charge < -0.3 is 10.6 Å². The van der Waals surface area contributed by atoms with Crippen molar-refractivity contribution in [2.24, 2.45) is 0 Å². The second kappa shape index (κ2) is 5.87. The first kappa shape index (κ1) is 14.3. The number of rotatable bonds is 5. The lowest BCUT2D eigenvalue weighted by atomic mass is 10.2. The Morgan fingerprint density at radius 1 is 1.60 bits per heavy atom. The highest BCUT2D eigenvalue weighted by molar-refractivity contribution is 5.97. The van der Waals surface area contributed by atoms with Crippen LogP contribution in [0, 0.1) is 11.3 Å². The van der Waals surface area contributed by atoms with Crippen LogP contribution < -0.4 is 5.73 Å². The summed E-state index contributed by atoms with van der Waals surface area (Å²) in [5.41, 5.74) is 6.39. The molecule has 1 aromatic rings. The maximum Gasteiger partial charge on any atom is 0.275 e. The number of carbonyl (C=O) groups excluding carboxylic acids is 1. The van der Waals surface area contributed by atoms with Crippen LogP contribution in [0.15, 0.2) is 6.20 Å². The van der Waals surface area contributed by atoms with E-state index in [1.165, 1.54) is 6.20 Å². The Hall–Kier alpha value is -2.16. The molecule has 1 aromatic heterocycles. The van der Waals surface area contributed by atoms with E-state index in [-0.39, 0.29) is 23.6 Å². The molecule has 1 aliphatic carbocycles. The molecule has 6 heteroatoms. The van der Waals surface area contributed by atoms with E-state index in [0.29, 0.717) is 24.5 Å². The Morgan fingerprint density at radius 3 is 2.85 bits per heavy atom. The van der Waals surface area contributed by atoms with E-state index in [4.69, 9.17) is 11.0 Å². The van der Waals surface area contributed by atoms with E-state index in [2.05, 4.69) is 16.0 Å². The van der Waals surface area contributed by atoms with Gasteiger partial charge in [0.15, 0.2) is 5.69 Å². The molecule has 0 unspecified atom stereocenters. The molecule has 1 amide bonds. The molecule has 0 spiro atoms. The van der Waals surface area contributed by atoms with E-state index in [1.807, 2.05) is 13.8 Å². The quantitative estimate of drug-likeness (QED) is 0.880. The van der Waals surface area contributed by atoms with Crippen molar-refractivity contribution in [3.8, 4) is 6.07 Å². The van der Waals surface area contributed by atoms with Crippen LogP contribution >= 0.6 is 0 Å². The lowest BCUT2D eigenvalue weighted by Gasteiger charge is -2.21. The zero-order valence-electron chi connectivity index (χ0n) is 11.8. The van der Waals surface area contributed by atoms with Crippen LogP contribution in [-0.4, -0.2) is 33.4 Å². The van der Waals surface area contributed by atoms with Crippen LogP contribution in [0.25, 0.3) is 0 Å². The van der Waals surface area contributed by atoms with Gasteiger partial charge in [-0.1, -0.05) is 13.8 Å². The average Bonchev–Trinajstić information content (AvgIpc) is 3.23. The van der Waals surface area contributed by atoms with Crippen LogP contribution in [0.3, 0.4) is 0 Å². The Morgan fingerprint density at radius 2 is 2.30 bits per heavy atom. The Balaban J connectivity index is 2.26. The van der Waals surface area contributed by atoms with Gasteiger partial charge >= 0.3 is 0 Å². The fraction of sp³-hybridized carbons (Fsp3) is 0.571. The highest BCUT2D eigenvalue weighted by Crippen LogP contribution is 2.29. The number of aromatic nitrogens is 2. The summed E-state index contributed by atoms with van der Waals surface area (Å²) in [4.78, 5) is 22.7. The summed E-state index contributed by atoms with van der Waals surface area (Å²) in [6.07, 6.45) is 3.79. The molecule has 1 fully saturated rings. The number of amides is 1. The summed E-state index contributed by atoms with van der Waals surface area (Å²) in [5.74, 6) is 0.554. The molecule has 1 aliphatic rings. The Labute approximate surface area is 118 Å². The van der Waals surface area contributed by atoms with Gasteiger partial charge in [0.1, 0.15) is 5.82 Å². The predicted octanol–water partition coefficient (Wildman–Crippen LogP) is 1.70. The standard InChI is InChI=1S/C14H19N5O/c1-9(2)13-17-8-11(16)12(18-13)14(20)19(7-3-6-15)10-4-5-10/h8-10H,3-5,7,16H2,1-2H3. The van der Waals surface area contributed by atoms with Crippen molar-refractivity contribution in [2.75, 3.05) is 12.3 Å². The second-order valence-electron chi connectivity index (χ2n) is 5.32. The maximum absolute atomic E-state index is 12.6. The minimum atomic E-state index is -0.190. The summed E-state index contributed by atoms with van der Waals surface area (Å²) in [6.45, 7) is 4.36. The minimum absolute atomic E-state index is 0.135. The van der Waals surface area contributed by atoms with Crippen molar-refractivity contribution in [3.05, 3.63) is 17.7 Å². The molecule has 106 valence electrons. The van der Waals surface area contributed by atoms with Crippen molar-refractivity contribution in [2.45, 2.75) is 45.1 Å². The molecule has 0 atom stereocenters. The smallest absolute Gasteiger partial charge is 0.275 e. The third-order valence-electron chi connectivity index (χ3n) is 3.27. The van der Waals surface area contributed by atoms with E-state index in [9.17, 15) is 4.79 Å². The van der Waals surface area contributed by atoms with Crippen molar-refractivity contribution >= 4 is 11.6 Å². The molecule has 2 rings (SSSR count). The summed E-state index contributed by atoms with van der Waals surface area (Å²) < 4.78 is 0. The fourth-order valence-electron chi connectivity index (χ4n) is 2.00. The fourth-order valence-corrected chi connectivity index (χ4v) is 2.00. The molecule has 1 heterocycles. The Kier molecular flexibility index (Phi) is 4.18. The van der Waals surface area contributed by atoms with Gasteiger partial charge in [0.2, 0.25) is 0 Å². The van der Waals surface area contributed by atoms with Gasteiger partial charge in [-0.2, -0.15) is 5.26 Å². The number of carbonyl (C=O) groups is 1. The zero-order valence-corrected chi connectivity index (χ0v) is 11.8. The van der Waals surface area contributed by atoms with E-state index < -0.39 is 0 Å². The number of hydrogen-bond donors (Lipinski definition) is 1. The molecule has 0 bridgehead atoms. The summed E-state index contributed by atoms with van der Waals surface area (Å²) >= 11 is 0. The lowest BCUT2D eigenvalue weighted by molar-refractivity contribution is 0.0741. The molecule has 0 aliphatic heterocycles. The van der Waals surface area contributed by atoms with E-state index in [1.54, 1.807) is 4.90 Å². The zero-order chi connectivity index (χ0) is 14.7. The van der Waals surface area contributed by atoms with Gasteiger partial charge in [-0.3, -0.25) is 4.79 Å². The third kappa shape index (κ3) is 3.05. The predicted molar refractivity (Wildman–Crippen MR) is 74.8 cm³/mol. The monoisotopic (exact) mass is 273 g/mol. The van der Waals surface area contributed by atoms with Crippen molar-refractivity contribution in [1.82, 2.24) is 14.9 Å². The average molecular weight is 273 g/mol. The van der Waals surface area contributed by atoms with E-state index >= 15 is 0 Å². The molecular weight excluding hydrogens is 254 g/mol. The first-order chi connectivity index (χ1) is 9.54. The van der Waals surface area contributed by atoms with Gasteiger partial charge in [0.25, 0.3) is 5.91 Å². The van der Waals surface area contributed by atoms with Crippen molar-refractivity contribution in [1.29, 1.82) is 5.26 Å². The first-order valence-electron chi connectivity index (χ1n) is 6.85. The number of anilines is 1. The molecule has 0 saturated heterocycles. The number of hydrogen-bond acceptors (Lipinski definition) is 5. The molecule has 2 N–H and O–H groups in total. The van der Waals surface area contributed by atoms with Crippen LogP contribution in [0.2, 0.25) is 0 Å². The lowest BCUT2D eigenvalue weighted by Crippen LogP contribution is -2.35. The number of nitriles is 1. The van der Waals surface area contributed by atoms with Gasteiger partial charge in [-0.05, 0) is 12.8 Å². The largest absolute Gasteiger partial charge is 0.396 e. The van der Waals surface area contributed by atoms with Crippen LogP contribution in [0.1, 0.15) is 55.3 Å². The molecule has 0 aromatic carbocycles. The SMILES string of the molecule is CC(C)c1ncc(N)c(C(=O)N(CCC#N)C2CC2)n1. The number of nitrogens with zero attached hydrogens (tertiary/aromatic N) is 4. The highest BCUT2D eigenvalue weighted by atomic mass is 16.2. The topological polar surface area (TPSA) is 95.9 Å².